The summed E-state index contributed by atoms with van der Waals surface area (Å²) in [5.41, 5.74) is 40.3. The van der Waals surface area contributed by atoms with Gasteiger partial charge in [-0.25, -0.2) is 0 Å². The molecule has 0 bridgehead atoms. The van der Waals surface area contributed by atoms with E-state index in [9.17, 15) is 43.4 Å². The van der Waals surface area contributed by atoms with E-state index in [4.69, 9.17) is 1.37 Å². The van der Waals surface area contributed by atoms with Crippen LogP contribution < -0.4 is 10.6 Å². The van der Waals surface area contributed by atoms with Gasteiger partial charge in [0.1, 0.15) is 34.6 Å². The number of rotatable bonds is 15. The molecule has 11 aromatic rings. The van der Waals surface area contributed by atoms with Crippen molar-refractivity contribution in [2.24, 2.45) is 23.7 Å². The maximum Gasteiger partial charge on any atom is 0.223 e. The molecule has 139 heavy (non-hydrogen) atoms. The molecule has 740 valence electrons. The highest BCUT2D eigenvalue weighted by atomic mass is 79.9. The van der Waals surface area contributed by atoms with E-state index in [-0.39, 0.29) is 42.9 Å². The number of amides is 2. The van der Waals surface area contributed by atoms with Crippen LogP contribution in [0.25, 0.3) is 0 Å². The van der Waals surface area contributed by atoms with Gasteiger partial charge in [0.25, 0.3) is 0 Å². The lowest BCUT2D eigenvalue weighted by Crippen LogP contribution is -2.41. The van der Waals surface area contributed by atoms with Gasteiger partial charge in [-0.15, -0.1) is 0 Å². The van der Waals surface area contributed by atoms with Crippen LogP contribution in [0.5, 0.6) is 11.5 Å². The Morgan fingerprint density at radius 2 is 0.518 bits per heavy atom. The number of phenolic OH excluding ortho intramolecular Hbond substituents is 2. The number of piperidine rings is 2. The molecule has 2 aliphatic heterocycles. The number of halogens is 2. The minimum absolute atomic E-state index is 0. The van der Waals surface area contributed by atoms with Crippen LogP contribution in [0.4, 0.5) is 4.39 Å². The maximum absolute atomic E-state index is 12.4. The third-order valence-corrected chi connectivity index (χ3v) is 31.5. The van der Waals surface area contributed by atoms with Crippen LogP contribution in [0.2, 0.25) is 0 Å². The van der Waals surface area contributed by atoms with Gasteiger partial charge >= 0.3 is 0 Å². The average Bonchev–Trinajstić information content (AvgIpc) is 0.823. The largest absolute Gasteiger partial charge is 0.508 e. The SMILES string of the molecule is C.Cc1ccc(C2CCC(=O)CC2)cc1C.Cc1ccc(CBr)cc1C.Cc1ccc(C[C@@H]2C[C@@H](c3ccc(C)c(C)c3)CCC2=O)cc1C.Cc1ccc(C[C@H]2C[C@@H](c3ccc(C)c(C)c3)CCC2=O)cc1C.Cc1ccc([C@@H]2CCC(=O)NC2)cc1C.Cc1ccc([C@H]2CCC(=O)[C@@H](Cc3ccc(O)c(C)c3)C2)cc1C.Cc1ccc([C@H]2CNC(=O)[C@@H](Cc3ccc(O)c(C)c3)C2)cc1C.[2H]CF. The fourth-order valence-corrected chi connectivity index (χ4v) is 20.5. The molecule has 6 fully saturated rings. The first-order valence-electron chi connectivity index (χ1n) is 51.2. The first-order chi connectivity index (χ1) is 66.2. The summed E-state index contributed by atoms with van der Waals surface area (Å²) in [6, 6.07) is 71.3. The lowest BCUT2D eigenvalue weighted by atomic mass is 9.74. The van der Waals surface area contributed by atoms with E-state index in [1.165, 1.54) is 150 Å². The summed E-state index contributed by atoms with van der Waals surface area (Å²) in [5.74, 6) is 6.12. The van der Waals surface area contributed by atoms with Gasteiger partial charge in [-0.05, 0) is 437 Å². The lowest BCUT2D eigenvalue weighted by molar-refractivity contribution is -0.127. The van der Waals surface area contributed by atoms with E-state index in [1.54, 1.807) is 12.1 Å². The number of nitrogens with one attached hydrogen (secondary N) is 2. The molecule has 0 aromatic heterocycles. The fourth-order valence-electron chi connectivity index (χ4n) is 20.1. The predicted octanol–water partition coefficient (Wildman–Crippen LogP) is 30.3. The zero-order valence-corrected chi connectivity index (χ0v) is 88.0. The molecule has 0 radical (unpaired) electrons. The number of ketones is 4. The van der Waals surface area contributed by atoms with Crippen LogP contribution in [0.3, 0.4) is 0 Å². The van der Waals surface area contributed by atoms with Gasteiger partial charge in [0, 0.05) is 92.5 Å². The molecule has 0 unspecified atom stereocenters. The van der Waals surface area contributed by atoms with Crippen molar-refractivity contribution in [1.29, 1.82) is 0 Å². The van der Waals surface area contributed by atoms with E-state index in [0.29, 0.717) is 95.9 Å². The molecule has 4 saturated carbocycles. The molecule has 9 atom stereocenters. The fraction of sp³-hybridized carbons (Fsp3) is 0.433. The van der Waals surface area contributed by atoms with Crippen LogP contribution in [0.1, 0.15) is 320 Å². The summed E-state index contributed by atoms with van der Waals surface area (Å²) < 4.78 is 15.5. The molecule has 12 heteroatoms. The number of aromatic hydroxyl groups is 2. The molecule has 4 aliphatic carbocycles. The summed E-state index contributed by atoms with van der Waals surface area (Å²) in [6.45, 7) is 44.0. The van der Waals surface area contributed by atoms with E-state index >= 15 is 0 Å². The van der Waals surface area contributed by atoms with Crippen molar-refractivity contribution in [3.63, 3.8) is 0 Å². The Hall–Kier alpha value is -11.0. The summed E-state index contributed by atoms with van der Waals surface area (Å²) in [6.07, 6.45) is 17.5. The highest BCUT2D eigenvalue weighted by Crippen LogP contribution is 2.42. The monoisotopic (exact) mass is 1940 g/mol. The van der Waals surface area contributed by atoms with E-state index in [0.717, 1.165) is 143 Å². The Labute approximate surface area is 843 Å². The molecule has 2 amide bonds. The van der Waals surface area contributed by atoms with Gasteiger partial charge in [0.05, 0.1) is 8.52 Å². The van der Waals surface area contributed by atoms with Crippen molar-refractivity contribution < 1.29 is 44.7 Å². The molecule has 4 N–H and O–H groups in total. The van der Waals surface area contributed by atoms with E-state index in [2.05, 4.69) is 315 Å². The van der Waals surface area contributed by atoms with Crippen molar-refractivity contribution in [1.82, 2.24) is 10.6 Å². The van der Waals surface area contributed by atoms with E-state index < -0.39 is 7.15 Å². The molecule has 6 aliphatic rings. The van der Waals surface area contributed by atoms with Crippen LogP contribution in [0, 0.1) is 162 Å². The Balaban J connectivity index is 0.000000184. The van der Waals surface area contributed by atoms with Gasteiger partial charge < -0.3 is 20.8 Å². The van der Waals surface area contributed by atoms with Gasteiger partial charge in [0.2, 0.25) is 11.8 Å². The van der Waals surface area contributed by atoms with Crippen LogP contribution >= 0.6 is 15.9 Å². The zero-order valence-electron chi connectivity index (χ0n) is 87.4. The zero-order chi connectivity index (χ0) is 101. The van der Waals surface area contributed by atoms with Gasteiger partial charge in [-0.2, -0.15) is 0 Å². The Kier molecular flexibility index (Phi) is 42.4. The number of carbonyl (C=O) groups is 6. The van der Waals surface area contributed by atoms with Crippen molar-refractivity contribution in [3.05, 3.63) is 373 Å². The number of Topliss-reactive ketones (excluding diaryl/α,β-unsaturated/α-hetero) is 4. The molecule has 2 saturated heterocycles. The van der Waals surface area contributed by atoms with Crippen molar-refractivity contribution in [2.75, 3.05) is 20.2 Å². The first-order valence-corrected chi connectivity index (χ1v) is 51.6. The van der Waals surface area contributed by atoms with Gasteiger partial charge in [-0.1, -0.05) is 211 Å². The van der Waals surface area contributed by atoms with E-state index in [1.807, 2.05) is 38.1 Å². The number of hydrogen-bond acceptors (Lipinski definition) is 8. The Morgan fingerprint density at radius 3 is 0.813 bits per heavy atom. The summed E-state index contributed by atoms with van der Waals surface area (Å²) in [4.78, 5) is 71.8. The summed E-state index contributed by atoms with van der Waals surface area (Å²) >= 11 is 3.42. The van der Waals surface area contributed by atoms with Crippen molar-refractivity contribution in [2.45, 2.75) is 315 Å². The molecule has 0 spiro atoms. The second-order valence-corrected chi connectivity index (χ2v) is 41.7. The highest BCUT2D eigenvalue weighted by molar-refractivity contribution is 9.08. The number of alkyl halides is 2. The molecular weight excluding hydrogens is 1780 g/mol. The highest BCUT2D eigenvalue weighted by Gasteiger charge is 2.35. The topological polar surface area (TPSA) is 167 Å². The van der Waals surface area contributed by atoms with Gasteiger partial charge in [0.15, 0.2) is 0 Å². The number of hydrogen-bond donors (Lipinski definition) is 4. The molecule has 11 aromatic carbocycles. The quantitative estimate of drug-likeness (QED) is 0.0736. The van der Waals surface area contributed by atoms with Crippen molar-refractivity contribution in [3.8, 4) is 11.5 Å². The number of phenols is 2. The Bertz CT molecular complexity index is 5440. The molecular formula is C127H160BrFN2O8. The predicted molar refractivity (Wildman–Crippen MR) is 580 cm³/mol. The summed E-state index contributed by atoms with van der Waals surface area (Å²) in [5, 5.41) is 26.3. The minimum atomic E-state index is -1.00. The van der Waals surface area contributed by atoms with Crippen molar-refractivity contribution >= 4 is 50.9 Å². The van der Waals surface area contributed by atoms with Crippen LogP contribution in [-0.4, -0.2) is 65.4 Å². The third kappa shape index (κ3) is 32.8. The Morgan fingerprint density at radius 1 is 0.281 bits per heavy atom. The second kappa shape index (κ2) is 53.6. The number of carbonyl (C=O) groups excluding carboxylic acids is 6. The molecule has 2 heterocycles. The number of aryl methyl sites for hydroxylation is 20. The number of benzene rings is 11. The third-order valence-electron chi connectivity index (χ3n) is 30.9. The standard InChI is InChI=1S/2C23H28O.C22H26O2.C21H25NO2.C14H18O.C13H17NO.C9H11Br.CH3F.CH4/c2*1-15-5-7-19(11-17(15)3)13-22-14-21(9-10-23(22)24)20-8-6-16(2)18(4)12-20;1-14-4-6-18(11-15(14)2)19-7-9-22(24)20(13-19)12-17-5-8-21(23)16(3)10-17;1-13-4-6-17(9-14(13)2)19-11-18(21(24)22-12-19)10-16-5-7-20(23)15(3)8-16;1-10-3-4-13(9-11(10)2)12-5-7-14(15)8-6-12;1-9-3-4-11(7-10(9)2)12-5-6-13(15)14-8-12;1-7-3-4-9(6-10)5-8(7)2;1-2;/h2*5-8,11-12,21-22H,9-10,13-14H2,1-4H3;4-6,8,10-11,19-20,23H,7,9,12-13H2,1-3H3;4-9,18-19,23H,10-12H2,1-3H3,(H,22,24);3-4,9,12H,5-8H2,1-2H3;3-4,7,12H,5-6,8H2,1-2H3,(H,14,15);3-5H,6H2,1-2H3;1H3;1H4/t21-,22+;21-,22-;19-,20-;18-,19+;;12-;;;/m0000.1.../s1/i;;;;;;;1D;. The molecule has 10 nitrogen and oxygen atoms in total. The smallest absolute Gasteiger partial charge is 0.223 e. The average molecular weight is 1940 g/mol. The minimum Gasteiger partial charge on any atom is -0.508 e. The molecule has 17 rings (SSSR count). The lowest BCUT2D eigenvalue weighted by Gasteiger charge is -2.30. The van der Waals surface area contributed by atoms with Crippen LogP contribution in [-0.2, 0) is 59.8 Å². The summed E-state index contributed by atoms with van der Waals surface area (Å²) in [7, 11) is -1.00. The van der Waals surface area contributed by atoms with Crippen LogP contribution in [0.15, 0.2) is 200 Å². The maximum atomic E-state index is 12.4. The normalized spacial score (nSPS) is 19.6. The van der Waals surface area contributed by atoms with Gasteiger partial charge in [-0.3, -0.25) is 33.2 Å². The first kappa shape index (κ1) is 110. The second-order valence-electron chi connectivity index (χ2n) is 41.1.